The minimum Gasteiger partial charge on any atom is -0.308 e. The third-order valence-corrected chi connectivity index (χ3v) is 12.2. The minimum atomic E-state index is -0.142. The van der Waals surface area contributed by atoms with Crippen LogP contribution in [0.1, 0.15) is 80.7 Å². The molecular formula is C48H41N. The molecule has 2 aliphatic carbocycles. The van der Waals surface area contributed by atoms with Crippen molar-refractivity contribution in [1.82, 2.24) is 4.57 Å². The Kier molecular flexibility index (Phi) is 6.00. The molecule has 1 unspecified atom stereocenters. The maximum atomic E-state index is 2.68. The van der Waals surface area contributed by atoms with Gasteiger partial charge in [0.05, 0.1) is 16.6 Å². The Labute approximate surface area is 289 Å². The third-order valence-electron chi connectivity index (χ3n) is 12.2. The van der Waals surface area contributed by atoms with Crippen molar-refractivity contribution in [3.63, 3.8) is 0 Å². The number of para-hydroxylation sites is 1. The van der Waals surface area contributed by atoms with E-state index in [1.165, 1.54) is 82.8 Å². The number of rotatable bonds is 4. The van der Waals surface area contributed by atoms with Crippen LogP contribution in [0, 0.1) is 0 Å². The molecule has 4 aliphatic rings. The zero-order valence-electron chi connectivity index (χ0n) is 28.8. The van der Waals surface area contributed by atoms with Crippen LogP contribution in [0.25, 0.3) is 56.1 Å². The van der Waals surface area contributed by atoms with E-state index in [-0.39, 0.29) is 10.8 Å². The van der Waals surface area contributed by atoms with Gasteiger partial charge in [-0.1, -0.05) is 143 Å². The van der Waals surface area contributed by atoms with Crippen LogP contribution in [-0.2, 0) is 10.8 Å². The van der Waals surface area contributed by atoms with Crippen LogP contribution in [0.4, 0.5) is 0 Å². The zero-order chi connectivity index (χ0) is 33.1. The van der Waals surface area contributed by atoms with Crippen LogP contribution in [-0.4, -0.2) is 4.57 Å². The Hall–Kier alpha value is -5.14. The third kappa shape index (κ3) is 4.05. The van der Waals surface area contributed by atoms with Crippen molar-refractivity contribution in [1.29, 1.82) is 0 Å². The molecule has 1 nitrogen and oxygen atoms in total. The predicted molar refractivity (Wildman–Crippen MR) is 207 cm³/mol. The lowest BCUT2D eigenvalue weighted by Gasteiger charge is -2.43. The van der Waals surface area contributed by atoms with Crippen molar-refractivity contribution in [2.24, 2.45) is 0 Å². The van der Waals surface area contributed by atoms with Gasteiger partial charge in [0.25, 0.3) is 0 Å². The molecule has 0 fully saturated rings. The molecule has 0 saturated carbocycles. The van der Waals surface area contributed by atoms with E-state index < -0.39 is 0 Å². The van der Waals surface area contributed by atoms with E-state index in [0.717, 1.165) is 19.3 Å². The lowest BCUT2D eigenvalue weighted by Crippen LogP contribution is -2.46. The maximum Gasteiger partial charge on any atom is 0.0582 e. The fraction of sp³-hybridized carbons (Fsp3) is 0.208. The molecule has 0 N–H and O–H groups in total. The lowest BCUT2D eigenvalue weighted by atomic mass is 9.66. The second-order valence-electron chi connectivity index (χ2n) is 15.7. The quantitative estimate of drug-likeness (QED) is 0.182. The summed E-state index contributed by atoms with van der Waals surface area (Å²) in [4.78, 5) is 0. The summed E-state index contributed by atoms with van der Waals surface area (Å²) in [5, 5.41) is 4.25. The molecule has 0 spiro atoms. The van der Waals surface area contributed by atoms with Gasteiger partial charge in [0.15, 0.2) is 0 Å². The molecule has 6 aromatic rings. The number of aromatic nitrogens is 1. The van der Waals surface area contributed by atoms with E-state index in [2.05, 4.69) is 166 Å². The van der Waals surface area contributed by atoms with E-state index in [4.69, 9.17) is 0 Å². The summed E-state index contributed by atoms with van der Waals surface area (Å²) in [6.45, 7) is 9.83. The normalized spacial score (nSPS) is 19.1. The van der Waals surface area contributed by atoms with Crippen LogP contribution in [0.3, 0.4) is 0 Å². The molecule has 0 amide bonds. The van der Waals surface area contributed by atoms with Gasteiger partial charge in [-0.2, -0.15) is 0 Å². The van der Waals surface area contributed by atoms with Crippen LogP contribution in [0.15, 0.2) is 127 Å². The molecule has 49 heavy (non-hydrogen) atoms. The van der Waals surface area contributed by atoms with Crippen LogP contribution < -0.4 is 10.6 Å². The lowest BCUT2D eigenvalue weighted by molar-refractivity contribution is 0.587. The van der Waals surface area contributed by atoms with Gasteiger partial charge in [-0.3, -0.25) is 0 Å². The van der Waals surface area contributed by atoms with Gasteiger partial charge in [-0.25, -0.2) is 0 Å². The van der Waals surface area contributed by atoms with E-state index in [9.17, 15) is 0 Å². The molecule has 1 atom stereocenters. The summed E-state index contributed by atoms with van der Waals surface area (Å²) in [5.74, 6) is 0.313. The summed E-state index contributed by atoms with van der Waals surface area (Å²) >= 11 is 0. The SMILES string of the molecule is CC1(C)C2=c3c(c4cc(-c5cccc(-c6ccccc6)c5)cc5c4n3-c3c1cccc3C5(C)C)=CC(c1cccc(C3=CC=CCC3)c1)C2. The standard InChI is InChI=1S/C48H41N/c1-47(2)40-22-13-23-41-46(40)49-44-38(26-36(28-42(44)47)34-20-11-18-32(24-34)30-14-7-5-8-15-30)39-27-37(29-43(45(39)49)48(41,3)4)35-21-12-19-33(25-35)31-16-9-6-10-17-31/h5-9,11-16,18-28,37H,10,17,29H2,1-4H3. The van der Waals surface area contributed by atoms with Gasteiger partial charge < -0.3 is 4.57 Å². The summed E-state index contributed by atoms with van der Waals surface area (Å²) in [6, 6.07) is 41.4. The van der Waals surface area contributed by atoms with Crippen molar-refractivity contribution in [2.75, 3.05) is 0 Å². The molecule has 0 radical (unpaired) electrons. The van der Waals surface area contributed by atoms with Crippen LogP contribution >= 0.6 is 0 Å². The summed E-state index contributed by atoms with van der Waals surface area (Å²) < 4.78 is 2.68. The molecule has 2 aliphatic heterocycles. The summed E-state index contributed by atoms with van der Waals surface area (Å²) in [5.41, 5.74) is 17.8. The monoisotopic (exact) mass is 631 g/mol. The largest absolute Gasteiger partial charge is 0.308 e. The van der Waals surface area contributed by atoms with Gasteiger partial charge in [-0.15, -0.1) is 0 Å². The van der Waals surface area contributed by atoms with E-state index >= 15 is 0 Å². The number of hydrogen-bond acceptors (Lipinski definition) is 0. The Balaban J connectivity index is 1.27. The second kappa shape index (κ2) is 10.2. The van der Waals surface area contributed by atoms with Crippen molar-refractivity contribution >= 4 is 28.1 Å². The average molecular weight is 632 g/mol. The highest BCUT2D eigenvalue weighted by Gasteiger charge is 2.44. The average Bonchev–Trinajstić information content (AvgIpc) is 3.48. The molecule has 5 aromatic carbocycles. The number of benzene rings is 5. The number of hydrogen-bond donors (Lipinski definition) is 0. The smallest absolute Gasteiger partial charge is 0.0582 e. The zero-order valence-corrected chi connectivity index (χ0v) is 28.8. The molecule has 1 heteroatoms. The Morgan fingerprint density at radius 3 is 2.14 bits per heavy atom. The van der Waals surface area contributed by atoms with Crippen LogP contribution in [0.5, 0.6) is 0 Å². The molecule has 0 bridgehead atoms. The van der Waals surface area contributed by atoms with Gasteiger partial charge in [-0.05, 0) is 98.7 Å². The topological polar surface area (TPSA) is 4.93 Å². The first-order chi connectivity index (χ1) is 23.8. The Bertz CT molecular complexity index is 2570. The van der Waals surface area contributed by atoms with Crippen molar-refractivity contribution in [3.05, 3.63) is 166 Å². The molecule has 10 rings (SSSR count). The molecule has 3 heterocycles. The van der Waals surface area contributed by atoms with E-state index in [1.54, 1.807) is 5.57 Å². The fourth-order valence-corrected chi connectivity index (χ4v) is 9.54. The first-order valence-corrected chi connectivity index (χ1v) is 18.0. The van der Waals surface area contributed by atoms with Gasteiger partial charge in [0.2, 0.25) is 0 Å². The van der Waals surface area contributed by atoms with Crippen molar-refractivity contribution in [3.8, 4) is 27.9 Å². The number of nitrogens with zero attached hydrogens (tertiary/aromatic N) is 1. The first kappa shape index (κ1) is 28.8. The highest BCUT2D eigenvalue weighted by atomic mass is 15.0. The predicted octanol–water partition coefficient (Wildman–Crippen LogP) is 10.7. The Morgan fingerprint density at radius 2 is 1.35 bits per heavy atom. The number of fused-ring (bicyclic) bond motifs is 1. The minimum absolute atomic E-state index is 0.0777. The van der Waals surface area contributed by atoms with E-state index in [0.29, 0.717) is 5.92 Å². The number of allylic oxidation sites excluding steroid dienone is 4. The maximum absolute atomic E-state index is 2.68. The van der Waals surface area contributed by atoms with Crippen LogP contribution in [0.2, 0.25) is 0 Å². The highest BCUT2D eigenvalue weighted by molar-refractivity contribution is 5.97. The van der Waals surface area contributed by atoms with E-state index in [1.807, 2.05) is 0 Å². The molecule has 1 aromatic heterocycles. The van der Waals surface area contributed by atoms with Crippen molar-refractivity contribution in [2.45, 2.75) is 63.7 Å². The highest BCUT2D eigenvalue weighted by Crippen LogP contribution is 2.52. The molecule has 0 saturated heterocycles. The van der Waals surface area contributed by atoms with Crippen molar-refractivity contribution < 1.29 is 0 Å². The molecule has 238 valence electrons. The van der Waals surface area contributed by atoms with Gasteiger partial charge >= 0.3 is 0 Å². The van der Waals surface area contributed by atoms with Gasteiger partial charge in [0.1, 0.15) is 0 Å². The second-order valence-corrected chi connectivity index (χ2v) is 15.7. The van der Waals surface area contributed by atoms with Gasteiger partial charge in [0, 0.05) is 27.4 Å². The molecular weight excluding hydrogens is 591 g/mol. The Morgan fingerprint density at radius 1 is 0.633 bits per heavy atom. The first-order valence-electron chi connectivity index (χ1n) is 18.0. The fourth-order valence-electron chi connectivity index (χ4n) is 9.54. The summed E-state index contributed by atoms with van der Waals surface area (Å²) in [7, 11) is 0. The summed E-state index contributed by atoms with van der Waals surface area (Å²) in [6.07, 6.45) is 12.7.